The molecule has 24 heavy (non-hydrogen) atoms. The van der Waals surface area contributed by atoms with Gasteiger partial charge in [-0.05, 0) is 60.3 Å². The molecule has 3 aliphatic carbocycles. The molecule has 0 radical (unpaired) electrons. The standard InChI is InChI=1S/C20H34O4/c1-18(2)15-9-14(22)12-10-19(3,17(24)11-21)7-5-13(12)20(15,4)8-6-16(18)23/h10,13-17,21-24H,5-9,11H2,1-4H3/t13-,14+,15-,16-,17+,19+,20+/m0/s1. The van der Waals surface area contributed by atoms with Crippen LogP contribution in [-0.2, 0) is 0 Å². The Morgan fingerprint density at radius 3 is 2.42 bits per heavy atom. The van der Waals surface area contributed by atoms with E-state index in [2.05, 4.69) is 26.8 Å². The van der Waals surface area contributed by atoms with E-state index in [1.807, 2.05) is 6.92 Å². The van der Waals surface area contributed by atoms with E-state index in [4.69, 9.17) is 0 Å². The Bertz CT molecular complexity index is 528. The lowest BCUT2D eigenvalue weighted by Gasteiger charge is -2.62. The normalized spacial score (nSPS) is 48.9. The summed E-state index contributed by atoms with van der Waals surface area (Å²) in [6.07, 6.45) is 4.68. The first-order valence-electron chi connectivity index (χ1n) is 9.44. The Balaban J connectivity index is 2.00. The van der Waals surface area contributed by atoms with Gasteiger partial charge in [0.1, 0.15) is 0 Å². The van der Waals surface area contributed by atoms with Crippen LogP contribution in [0.3, 0.4) is 0 Å². The van der Waals surface area contributed by atoms with Crippen molar-refractivity contribution < 1.29 is 20.4 Å². The minimum Gasteiger partial charge on any atom is -0.394 e. The van der Waals surface area contributed by atoms with Crippen molar-refractivity contribution in [3.05, 3.63) is 11.6 Å². The van der Waals surface area contributed by atoms with Crippen LogP contribution >= 0.6 is 0 Å². The fourth-order valence-electron chi connectivity index (χ4n) is 6.11. The van der Waals surface area contributed by atoms with Crippen molar-refractivity contribution in [1.29, 1.82) is 0 Å². The molecule has 4 heteroatoms. The van der Waals surface area contributed by atoms with Gasteiger partial charge in [-0.25, -0.2) is 0 Å². The van der Waals surface area contributed by atoms with Crippen molar-refractivity contribution in [2.45, 2.75) is 78.1 Å². The quantitative estimate of drug-likeness (QED) is 0.582. The molecule has 0 spiro atoms. The molecule has 0 saturated heterocycles. The first kappa shape index (κ1) is 18.4. The van der Waals surface area contributed by atoms with E-state index in [-0.39, 0.29) is 29.5 Å². The van der Waals surface area contributed by atoms with Crippen LogP contribution in [0, 0.1) is 28.1 Å². The number of aliphatic hydroxyl groups is 4. The molecule has 0 aromatic rings. The zero-order valence-electron chi connectivity index (χ0n) is 15.5. The average molecular weight is 338 g/mol. The predicted octanol–water partition coefficient (Wildman–Crippen LogP) is 2.25. The molecule has 4 nitrogen and oxygen atoms in total. The summed E-state index contributed by atoms with van der Waals surface area (Å²) in [4.78, 5) is 0. The van der Waals surface area contributed by atoms with Gasteiger partial charge in [0.25, 0.3) is 0 Å². The van der Waals surface area contributed by atoms with Crippen LogP contribution in [0.4, 0.5) is 0 Å². The molecule has 0 bridgehead atoms. The lowest BCUT2D eigenvalue weighted by atomic mass is 9.44. The molecule has 0 amide bonds. The van der Waals surface area contributed by atoms with Gasteiger partial charge in [0, 0.05) is 5.41 Å². The van der Waals surface area contributed by atoms with Crippen LogP contribution in [0.2, 0.25) is 0 Å². The number of aliphatic hydroxyl groups excluding tert-OH is 4. The summed E-state index contributed by atoms with van der Waals surface area (Å²) in [5, 5.41) is 41.0. The molecule has 0 aliphatic heterocycles. The second-order valence-corrected chi connectivity index (χ2v) is 9.63. The van der Waals surface area contributed by atoms with E-state index in [9.17, 15) is 20.4 Å². The van der Waals surface area contributed by atoms with Gasteiger partial charge >= 0.3 is 0 Å². The van der Waals surface area contributed by atoms with E-state index >= 15 is 0 Å². The summed E-state index contributed by atoms with van der Waals surface area (Å²) in [7, 11) is 0. The van der Waals surface area contributed by atoms with Crippen LogP contribution in [0.15, 0.2) is 11.6 Å². The minimum atomic E-state index is -0.784. The molecule has 0 aromatic heterocycles. The Morgan fingerprint density at radius 1 is 1.12 bits per heavy atom. The van der Waals surface area contributed by atoms with Gasteiger partial charge in [-0.2, -0.15) is 0 Å². The second kappa shape index (κ2) is 5.80. The molecule has 0 unspecified atom stereocenters. The monoisotopic (exact) mass is 338 g/mol. The third-order valence-corrected chi connectivity index (χ3v) is 7.95. The SMILES string of the molecule is CC1(C)[C@@H](O)CC[C@]2(C)[C@H]3CC[C@@](C)([C@H](O)CO)C=C3[C@H](O)C[C@@H]12. The highest BCUT2D eigenvalue weighted by atomic mass is 16.3. The maximum Gasteiger partial charge on any atom is 0.0858 e. The van der Waals surface area contributed by atoms with E-state index in [1.165, 1.54) is 0 Å². The Labute approximate surface area is 145 Å². The third kappa shape index (κ3) is 2.49. The molecule has 0 aromatic carbocycles. The number of hydrogen-bond donors (Lipinski definition) is 4. The Hall–Kier alpha value is -0.420. The highest BCUT2D eigenvalue weighted by molar-refractivity contribution is 5.28. The molecule has 0 heterocycles. The van der Waals surface area contributed by atoms with E-state index in [0.717, 1.165) is 31.3 Å². The molecule has 2 fully saturated rings. The maximum absolute atomic E-state index is 10.9. The summed E-state index contributed by atoms with van der Waals surface area (Å²) < 4.78 is 0. The lowest BCUT2D eigenvalue weighted by Crippen LogP contribution is -2.58. The Morgan fingerprint density at radius 2 is 1.79 bits per heavy atom. The summed E-state index contributed by atoms with van der Waals surface area (Å²) in [6, 6.07) is 0. The largest absolute Gasteiger partial charge is 0.394 e. The molecule has 138 valence electrons. The minimum absolute atomic E-state index is 0.0826. The highest BCUT2D eigenvalue weighted by Crippen LogP contribution is 2.63. The molecule has 7 atom stereocenters. The van der Waals surface area contributed by atoms with Gasteiger partial charge in [-0.3, -0.25) is 0 Å². The van der Waals surface area contributed by atoms with Crippen molar-refractivity contribution in [2.24, 2.45) is 28.1 Å². The summed E-state index contributed by atoms with van der Waals surface area (Å²) in [5.74, 6) is 0.593. The highest BCUT2D eigenvalue weighted by Gasteiger charge is 2.59. The number of hydrogen-bond acceptors (Lipinski definition) is 4. The van der Waals surface area contributed by atoms with Crippen molar-refractivity contribution in [1.82, 2.24) is 0 Å². The average Bonchev–Trinajstić information content (AvgIpc) is 2.53. The molecular formula is C20H34O4. The maximum atomic E-state index is 10.9. The molecule has 2 saturated carbocycles. The zero-order valence-corrected chi connectivity index (χ0v) is 15.5. The van der Waals surface area contributed by atoms with Gasteiger partial charge in [0.15, 0.2) is 0 Å². The fourth-order valence-corrected chi connectivity index (χ4v) is 6.11. The molecule has 3 rings (SSSR count). The van der Waals surface area contributed by atoms with Crippen molar-refractivity contribution >= 4 is 0 Å². The third-order valence-electron chi connectivity index (χ3n) is 7.95. The summed E-state index contributed by atoms with van der Waals surface area (Å²) in [6.45, 7) is 8.35. The summed E-state index contributed by atoms with van der Waals surface area (Å²) >= 11 is 0. The first-order valence-corrected chi connectivity index (χ1v) is 9.44. The van der Waals surface area contributed by atoms with Crippen LogP contribution in [0.25, 0.3) is 0 Å². The van der Waals surface area contributed by atoms with E-state index < -0.39 is 17.6 Å². The molecular weight excluding hydrogens is 304 g/mol. The lowest BCUT2D eigenvalue weighted by molar-refractivity contribution is -0.145. The Kier molecular flexibility index (Phi) is 4.44. The zero-order chi connectivity index (χ0) is 17.9. The number of rotatable bonds is 2. The van der Waals surface area contributed by atoms with Gasteiger partial charge in [0.05, 0.1) is 24.9 Å². The van der Waals surface area contributed by atoms with Gasteiger partial charge in [-0.1, -0.05) is 33.8 Å². The van der Waals surface area contributed by atoms with Crippen LogP contribution in [0.5, 0.6) is 0 Å². The van der Waals surface area contributed by atoms with E-state index in [1.54, 1.807) is 0 Å². The second-order valence-electron chi connectivity index (χ2n) is 9.63. The van der Waals surface area contributed by atoms with Crippen molar-refractivity contribution in [3.8, 4) is 0 Å². The van der Waals surface area contributed by atoms with Crippen molar-refractivity contribution in [3.63, 3.8) is 0 Å². The fraction of sp³-hybridized carbons (Fsp3) is 0.900. The predicted molar refractivity (Wildman–Crippen MR) is 93.2 cm³/mol. The molecule has 3 aliphatic rings. The van der Waals surface area contributed by atoms with Crippen LogP contribution in [-0.4, -0.2) is 45.3 Å². The first-order chi connectivity index (χ1) is 11.1. The van der Waals surface area contributed by atoms with Gasteiger partial charge < -0.3 is 20.4 Å². The van der Waals surface area contributed by atoms with Crippen molar-refractivity contribution in [2.75, 3.05) is 6.61 Å². The van der Waals surface area contributed by atoms with E-state index in [0.29, 0.717) is 12.3 Å². The number of fused-ring (bicyclic) bond motifs is 3. The van der Waals surface area contributed by atoms with Gasteiger partial charge in [-0.15, -0.1) is 0 Å². The van der Waals surface area contributed by atoms with Crippen LogP contribution in [0.1, 0.15) is 59.8 Å². The van der Waals surface area contributed by atoms with Crippen LogP contribution < -0.4 is 0 Å². The molecule has 4 N–H and O–H groups in total. The van der Waals surface area contributed by atoms with Gasteiger partial charge in [0.2, 0.25) is 0 Å². The smallest absolute Gasteiger partial charge is 0.0858 e. The topological polar surface area (TPSA) is 80.9 Å². The summed E-state index contributed by atoms with van der Waals surface area (Å²) in [5.41, 5.74) is 0.487.